The number of anilines is 2. The van der Waals surface area contributed by atoms with Crippen LogP contribution in [0.1, 0.15) is 11.1 Å². The van der Waals surface area contributed by atoms with Gasteiger partial charge in [0.05, 0.1) is 22.2 Å². The number of fused-ring (bicyclic) bond motifs is 2. The van der Waals surface area contributed by atoms with Gasteiger partial charge in [0.15, 0.2) is 17.8 Å². The van der Waals surface area contributed by atoms with E-state index in [0.29, 0.717) is 49.0 Å². The number of aromatic nitrogens is 4. The Kier molecular flexibility index (Phi) is 10.5. The number of hydrogen-bond acceptors (Lipinski definition) is 11. The number of terminal acetylenes is 1. The number of nitrogens with zero attached hydrogens (tertiary/aromatic N) is 7. The summed E-state index contributed by atoms with van der Waals surface area (Å²) in [5.74, 6) is 4.66. The fourth-order valence-corrected chi connectivity index (χ4v) is 6.75. The molecule has 1 unspecified atom stereocenters. The highest BCUT2D eigenvalue weighted by Gasteiger charge is 2.27. The van der Waals surface area contributed by atoms with Crippen LogP contribution in [0.25, 0.3) is 44.6 Å². The van der Waals surface area contributed by atoms with E-state index in [1.165, 1.54) is 0 Å². The molecule has 6 aromatic rings. The number of phenolic OH excluding ortho intramolecular Hbond substituents is 2. The van der Waals surface area contributed by atoms with Gasteiger partial charge in [0, 0.05) is 63.1 Å². The number of aromatic hydroxyl groups is 2. The van der Waals surface area contributed by atoms with Crippen molar-refractivity contribution < 1.29 is 20.1 Å². The molecule has 2 saturated heterocycles. The van der Waals surface area contributed by atoms with Gasteiger partial charge in [-0.2, -0.15) is 0 Å². The largest absolute Gasteiger partial charge is 0.507 e. The Hall–Kier alpha value is -6.29. The summed E-state index contributed by atoms with van der Waals surface area (Å²) >= 11 is 0. The van der Waals surface area contributed by atoms with Crippen molar-refractivity contribution in [2.75, 3.05) is 62.2 Å². The van der Waals surface area contributed by atoms with E-state index >= 15 is 0 Å². The topological polar surface area (TPSA) is 151 Å². The van der Waals surface area contributed by atoms with Crippen molar-refractivity contribution in [2.24, 2.45) is 0 Å². The average Bonchev–Trinajstić information content (AvgIpc) is 3.20. The zero-order chi connectivity index (χ0) is 37.8. The number of aliphatic hydroxyl groups excluding tert-OH is 1. The Bertz CT molecular complexity index is 2360. The molecule has 0 saturated carbocycles. The highest BCUT2D eigenvalue weighted by Crippen LogP contribution is 2.34. The molecular formula is C42H42N8O4. The first-order chi connectivity index (χ1) is 26.2. The lowest BCUT2D eigenvalue weighted by atomic mass is 10.1. The van der Waals surface area contributed by atoms with Crippen molar-refractivity contribution in [3.8, 4) is 46.6 Å². The molecule has 4 N–H and O–H groups in total. The van der Waals surface area contributed by atoms with E-state index in [9.17, 15) is 20.1 Å². The molecule has 274 valence electrons. The van der Waals surface area contributed by atoms with E-state index in [2.05, 4.69) is 51.1 Å². The third-order valence-electron chi connectivity index (χ3n) is 9.65. The standard InChI is InChI=1S/C23H22N4O3.C19H20N4O/c1-3-19(28)23(30)27-12-10-26(11-13-27)22-16-9-8-15(2)14-18(16)24-21(25-22)17-6-4-5-7-20(17)29;1-13-6-7-14-16(12-13)21-18(15-4-2-3-5-17(15)24)22-19(14)23-10-8-20-9-11-23/h1,4-9,14,19,28-29H,10-13H2,2H3;2-7,12,20,24H,8-11H2,1H3. The van der Waals surface area contributed by atoms with Crippen LogP contribution in [0, 0.1) is 26.2 Å². The maximum atomic E-state index is 12.2. The monoisotopic (exact) mass is 722 g/mol. The minimum atomic E-state index is -1.41. The van der Waals surface area contributed by atoms with E-state index in [1.54, 1.807) is 35.2 Å². The number of phenols is 2. The lowest BCUT2D eigenvalue weighted by Gasteiger charge is -2.36. The van der Waals surface area contributed by atoms with Gasteiger partial charge in [-0.1, -0.05) is 42.3 Å². The van der Waals surface area contributed by atoms with Crippen molar-refractivity contribution in [1.29, 1.82) is 0 Å². The van der Waals surface area contributed by atoms with Crippen LogP contribution in [0.4, 0.5) is 11.6 Å². The molecule has 0 bridgehead atoms. The molecule has 12 nitrogen and oxygen atoms in total. The van der Waals surface area contributed by atoms with Gasteiger partial charge >= 0.3 is 0 Å². The van der Waals surface area contributed by atoms with Gasteiger partial charge in [-0.05, 0) is 73.5 Å². The van der Waals surface area contributed by atoms with E-state index in [-0.39, 0.29) is 11.5 Å². The number of carbonyl (C=O) groups excluding carboxylic acids is 1. The van der Waals surface area contributed by atoms with E-state index < -0.39 is 12.0 Å². The number of amides is 1. The van der Waals surface area contributed by atoms with Gasteiger partial charge in [0.2, 0.25) is 0 Å². The van der Waals surface area contributed by atoms with Gasteiger partial charge in [0.1, 0.15) is 23.1 Å². The number of aryl methyl sites for hydroxylation is 2. The van der Waals surface area contributed by atoms with Crippen molar-refractivity contribution in [3.63, 3.8) is 0 Å². The molecule has 0 spiro atoms. The number of piperazine rings is 2. The molecule has 4 heterocycles. The quantitative estimate of drug-likeness (QED) is 0.184. The molecule has 2 aliphatic heterocycles. The van der Waals surface area contributed by atoms with Crippen molar-refractivity contribution in [2.45, 2.75) is 20.0 Å². The Balaban J connectivity index is 0.000000171. The Morgan fingerprint density at radius 1 is 0.685 bits per heavy atom. The normalized spacial score (nSPS) is 15.0. The third kappa shape index (κ3) is 7.59. The molecule has 2 fully saturated rings. The first kappa shape index (κ1) is 36.1. The second-order valence-corrected chi connectivity index (χ2v) is 13.4. The molecule has 2 aromatic heterocycles. The lowest BCUT2D eigenvalue weighted by Crippen LogP contribution is -2.51. The molecule has 1 amide bonds. The Morgan fingerprint density at radius 2 is 1.15 bits per heavy atom. The predicted molar refractivity (Wildman–Crippen MR) is 211 cm³/mol. The van der Waals surface area contributed by atoms with Crippen LogP contribution < -0.4 is 15.1 Å². The molecule has 0 aliphatic carbocycles. The van der Waals surface area contributed by atoms with Crippen LogP contribution in [0.2, 0.25) is 0 Å². The lowest BCUT2D eigenvalue weighted by molar-refractivity contribution is -0.137. The molecule has 2 aliphatic rings. The average molecular weight is 723 g/mol. The molecule has 1 atom stereocenters. The molecular weight excluding hydrogens is 681 g/mol. The summed E-state index contributed by atoms with van der Waals surface area (Å²) in [4.78, 5) is 37.1. The number of rotatable bonds is 5. The van der Waals surface area contributed by atoms with Crippen LogP contribution >= 0.6 is 0 Å². The van der Waals surface area contributed by atoms with E-state index in [0.717, 1.165) is 70.7 Å². The minimum Gasteiger partial charge on any atom is -0.507 e. The van der Waals surface area contributed by atoms with Crippen LogP contribution in [0.3, 0.4) is 0 Å². The number of benzene rings is 4. The molecule has 12 heteroatoms. The molecule has 0 radical (unpaired) electrons. The fourth-order valence-electron chi connectivity index (χ4n) is 6.75. The maximum absolute atomic E-state index is 12.2. The van der Waals surface area contributed by atoms with Gasteiger partial charge in [-0.25, -0.2) is 19.9 Å². The summed E-state index contributed by atoms with van der Waals surface area (Å²) in [6.45, 7) is 9.74. The van der Waals surface area contributed by atoms with E-state index in [4.69, 9.17) is 21.4 Å². The number of para-hydroxylation sites is 2. The summed E-state index contributed by atoms with van der Waals surface area (Å²) in [6, 6.07) is 26.5. The summed E-state index contributed by atoms with van der Waals surface area (Å²) in [7, 11) is 0. The summed E-state index contributed by atoms with van der Waals surface area (Å²) in [6.07, 6.45) is 3.75. The van der Waals surface area contributed by atoms with E-state index in [1.807, 2.05) is 43.3 Å². The number of nitrogens with one attached hydrogen (secondary N) is 1. The summed E-state index contributed by atoms with van der Waals surface area (Å²) in [5, 5.41) is 35.4. The zero-order valence-corrected chi connectivity index (χ0v) is 30.3. The summed E-state index contributed by atoms with van der Waals surface area (Å²) in [5.41, 5.74) is 5.17. The Morgan fingerprint density at radius 3 is 1.61 bits per heavy atom. The fraction of sp³-hybridized carbons (Fsp3) is 0.262. The predicted octanol–water partition coefficient (Wildman–Crippen LogP) is 4.67. The van der Waals surface area contributed by atoms with Gasteiger partial charge in [-0.3, -0.25) is 4.79 Å². The number of carbonyl (C=O) groups is 1. The maximum Gasteiger partial charge on any atom is 0.264 e. The first-order valence-corrected chi connectivity index (χ1v) is 18.0. The van der Waals surface area contributed by atoms with Gasteiger partial charge < -0.3 is 35.3 Å². The van der Waals surface area contributed by atoms with Crippen molar-refractivity contribution >= 4 is 39.3 Å². The first-order valence-electron chi connectivity index (χ1n) is 18.0. The van der Waals surface area contributed by atoms with Crippen molar-refractivity contribution in [3.05, 3.63) is 96.1 Å². The highest BCUT2D eigenvalue weighted by atomic mass is 16.3. The minimum absolute atomic E-state index is 0.120. The van der Waals surface area contributed by atoms with Crippen LogP contribution in [-0.4, -0.2) is 105 Å². The zero-order valence-electron chi connectivity index (χ0n) is 30.3. The van der Waals surface area contributed by atoms with Gasteiger partial charge in [-0.15, -0.1) is 6.42 Å². The second-order valence-electron chi connectivity index (χ2n) is 13.4. The van der Waals surface area contributed by atoms with Crippen LogP contribution in [-0.2, 0) is 4.79 Å². The SMILES string of the molecule is C#CC(O)C(=O)N1CCN(c2nc(-c3ccccc3O)nc3cc(C)ccc23)CC1.Cc1ccc2c(N3CCNCC3)nc(-c3ccccc3O)nc2c1. The highest BCUT2D eigenvalue weighted by molar-refractivity contribution is 5.93. The third-order valence-corrected chi connectivity index (χ3v) is 9.65. The molecule has 54 heavy (non-hydrogen) atoms. The molecule has 4 aromatic carbocycles. The number of aliphatic hydroxyl groups is 1. The molecule has 8 rings (SSSR count). The van der Waals surface area contributed by atoms with Crippen LogP contribution in [0.15, 0.2) is 84.9 Å². The second kappa shape index (κ2) is 15.8. The summed E-state index contributed by atoms with van der Waals surface area (Å²) < 4.78 is 0. The van der Waals surface area contributed by atoms with Crippen LogP contribution in [0.5, 0.6) is 11.5 Å². The smallest absolute Gasteiger partial charge is 0.264 e. The van der Waals surface area contributed by atoms with Crippen molar-refractivity contribution in [1.82, 2.24) is 30.2 Å². The number of hydrogen-bond donors (Lipinski definition) is 4. The van der Waals surface area contributed by atoms with Gasteiger partial charge in [0.25, 0.3) is 5.91 Å². The Labute approximate surface area is 313 Å².